The average Bonchev–Trinajstić information content (AvgIpc) is 2.51. The molecule has 0 amide bonds. The average molecular weight is 286 g/mol. The van der Waals surface area contributed by atoms with Gasteiger partial charge in [-0.2, -0.15) is 0 Å². The number of carbonyl (C=O) groups is 1. The monoisotopic (exact) mass is 286 g/mol. The maximum Gasteiger partial charge on any atom is 0.343 e. The molecule has 2 aromatic rings. The number of benzene rings is 2. The van der Waals surface area contributed by atoms with Crippen LogP contribution in [-0.2, 0) is 0 Å². The van der Waals surface area contributed by atoms with Crippen molar-refractivity contribution in [3.05, 3.63) is 65.5 Å². The van der Waals surface area contributed by atoms with Crippen molar-refractivity contribution in [3.63, 3.8) is 0 Å². The van der Waals surface area contributed by atoms with Gasteiger partial charge in [0.2, 0.25) is 0 Å². The first kappa shape index (κ1) is 15.2. The molecular weight excluding hydrogens is 267 g/mol. The Bertz CT molecular complexity index is 584. The van der Waals surface area contributed by atoms with Crippen LogP contribution >= 0.6 is 0 Å². The molecule has 0 aliphatic carbocycles. The molecule has 0 saturated heterocycles. The fourth-order valence-electron chi connectivity index (χ4n) is 2.32. The molecule has 0 atom stereocenters. The molecule has 0 heterocycles. The van der Waals surface area contributed by atoms with E-state index in [-0.39, 0.29) is 5.82 Å². The second-order valence-electron chi connectivity index (χ2n) is 4.98. The summed E-state index contributed by atoms with van der Waals surface area (Å²) in [5, 5.41) is 0. The molecule has 2 nitrogen and oxygen atoms in total. The molecule has 0 bridgehead atoms. The van der Waals surface area contributed by atoms with Gasteiger partial charge in [0.25, 0.3) is 0 Å². The number of hydrogen-bond acceptors (Lipinski definition) is 2. The van der Waals surface area contributed by atoms with Gasteiger partial charge in [-0.1, -0.05) is 26.0 Å². The van der Waals surface area contributed by atoms with Crippen LogP contribution < -0.4 is 4.74 Å². The molecule has 0 spiro atoms. The Kier molecular flexibility index (Phi) is 5.09. The van der Waals surface area contributed by atoms with E-state index in [1.807, 2.05) is 12.1 Å². The van der Waals surface area contributed by atoms with E-state index in [1.165, 1.54) is 29.8 Å². The van der Waals surface area contributed by atoms with Crippen LogP contribution in [0.1, 0.15) is 48.5 Å². The highest BCUT2D eigenvalue weighted by Gasteiger charge is 2.11. The Morgan fingerprint density at radius 2 is 1.57 bits per heavy atom. The van der Waals surface area contributed by atoms with Gasteiger partial charge < -0.3 is 4.74 Å². The van der Waals surface area contributed by atoms with Crippen LogP contribution in [0.2, 0.25) is 0 Å². The molecule has 110 valence electrons. The van der Waals surface area contributed by atoms with Crippen molar-refractivity contribution >= 4 is 5.97 Å². The number of carbonyl (C=O) groups excluding carboxylic acids is 1. The van der Waals surface area contributed by atoms with E-state index in [9.17, 15) is 9.18 Å². The van der Waals surface area contributed by atoms with Crippen LogP contribution in [-0.4, -0.2) is 5.97 Å². The second-order valence-corrected chi connectivity index (χ2v) is 4.98. The summed E-state index contributed by atoms with van der Waals surface area (Å²) in [4.78, 5) is 12.0. The molecule has 0 unspecified atom stereocenters. The smallest absolute Gasteiger partial charge is 0.343 e. The van der Waals surface area contributed by atoms with Gasteiger partial charge in [0.15, 0.2) is 0 Å². The third-order valence-electron chi connectivity index (χ3n) is 3.63. The van der Waals surface area contributed by atoms with Crippen molar-refractivity contribution in [2.75, 3.05) is 0 Å². The van der Waals surface area contributed by atoms with Crippen molar-refractivity contribution in [2.24, 2.45) is 0 Å². The third-order valence-corrected chi connectivity index (χ3v) is 3.63. The summed E-state index contributed by atoms with van der Waals surface area (Å²) in [7, 11) is 0. The van der Waals surface area contributed by atoms with Crippen LogP contribution in [0.5, 0.6) is 5.75 Å². The zero-order valence-corrected chi connectivity index (χ0v) is 12.3. The minimum Gasteiger partial charge on any atom is -0.423 e. The summed E-state index contributed by atoms with van der Waals surface area (Å²) in [5.74, 6) is 0.0691. The molecule has 2 rings (SSSR count). The van der Waals surface area contributed by atoms with Gasteiger partial charge in [-0.15, -0.1) is 0 Å². The fraction of sp³-hybridized carbons (Fsp3) is 0.278. The number of rotatable bonds is 5. The molecule has 0 radical (unpaired) electrons. The lowest BCUT2D eigenvalue weighted by molar-refractivity contribution is 0.0734. The molecule has 0 aliphatic heterocycles. The molecule has 0 aromatic heterocycles. The maximum atomic E-state index is 12.8. The van der Waals surface area contributed by atoms with Crippen molar-refractivity contribution in [2.45, 2.75) is 32.6 Å². The van der Waals surface area contributed by atoms with Crippen LogP contribution in [0.15, 0.2) is 48.5 Å². The quantitative estimate of drug-likeness (QED) is 0.574. The topological polar surface area (TPSA) is 26.3 Å². The minimum absolute atomic E-state index is 0.338. The van der Waals surface area contributed by atoms with Gasteiger partial charge in [-0.25, -0.2) is 9.18 Å². The predicted molar refractivity (Wildman–Crippen MR) is 81.1 cm³/mol. The highest BCUT2D eigenvalue weighted by Crippen LogP contribution is 2.23. The SMILES string of the molecule is CCC(CC)c1ccc(C(=O)Oc2ccc(F)cc2)cc1. The van der Waals surface area contributed by atoms with E-state index in [4.69, 9.17) is 4.74 Å². The first-order valence-corrected chi connectivity index (χ1v) is 7.21. The first-order valence-electron chi connectivity index (χ1n) is 7.21. The summed E-state index contributed by atoms with van der Waals surface area (Å²) in [6.07, 6.45) is 2.16. The van der Waals surface area contributed by atoms with E-state index >= 15 is 0 Å². The van der Waals surface area contributed by atoms with Crippen LogP contribution in [0.25, 0.3) is 0 Å². The van der Waals surface area contributed by atoms with Crippen LogP contribution in [0.3, 0.4) is 0 Å². The molecule has 2 aromatic carbocycles. The minimum atomic E-state index is -0.433. The van der Waals surface area contributed by atoms with E-state index in [0.717, 1.165) is 12.8 Å². The van der Waals surface area contributed by atoms with Gasteiger partial charge in [0, 0.05) is 0 Å². The lowest BCUT2D eigenvalue weighted by atomic mass is 9.93. The zero-order valence-electron chi connectivity index (χ0n) is 12.3. The highest BCUT2D eigenvalue weighted by molar-refractivity contribution is 5.91. The lowest BCUT2D eigenvalue weighted by Crippen LogP contribution is -2.08. The Hall–Kier alpha value is -2.16. The summed E-state index contributed by atoms with van der Waals surface area (Å²) < 4.78 is 18.0. The molecular formula is C18H19FO2. The Morgan fingerprint density at radius 1 is 1.00 bits per heavy atom. The molecule has 0 N–H and O–H groups in total. The van der Waals surface area contributed by atoms with E-state index < -0.39 is 5.97 Å². The van der Waals surface area contributed by atoms with Gasteiger partial charge >= 0.3 is 5.97 Å². The fourth-order valence-corrected chi connectivity index (χ4v) is 2.32. The van der Waals surface area contributed by atoms with Crippen molar-refractivity contribution in [3.8, 4) is 5.75 Å². The number of esters is 1. The number of hydrogen-bond donors (Lipinski definition) is 0. The zero-order chi connectivity index (χ0) is 15.2. The molecule has 0 aliphatic rings. The first-order chi connectivity index (χ1) is 10.1. The van der Waals surface area contributed by atoms with Crippen molar-refractivity contribution < 1.29 is 13.9 Å². The highest BCUT2D eigenvalue weighted by atomic mass is 19.1. The largest absolute Gasteiger partial charge is 0.423 e. The third kappa shape index (κ3) is 3.91. The van der Waals surface area contributed by atoms with Gasteiger partial charge in [0.1, 0.15) is 11.6 Å². The summed E-state index contributed by atoms with van der Waals surface area (Å²) in [5.41, 5.74) is 1.73. The van der Waals surface area contributed by atoms with Crippen molar-refractivity contribution in [1.29, 1.82) is 0 Å². The van der Waals surface area contributed by atoms with Gasteiger partial charge in [0.05, 0.1) is 5.56 Å². The summed E-state index contributed by atoms with van der Waals surface area (Å²) in [6, 6.07) is 12.9. The second kappa shape index (κ2) is 7.02. The molecule has 0 saturated carbocycles. The molecule has 0 fully saturated rings. The molecule has 3 heteroatoms. The van der Waals surface area contributed by atoms with Gasteiger partial charge in [-0.3, -0.25) is 0 Å². The Balaban J connectivity index is 2.07. The number of ether oxygens (including phenoxy) is 1. The Labute approximate surface area is 124 Å². The van der Waals surface area contributed by atoms with Crippen LogP contribution in [0, 0.1) is 5.82 Å². The summed E-state index contributed by atoms with van der Waals surface area (Å²) in [6.45, 7) is 4.32. The van der Waals surface area contributed by atoms with E-state index in [0.29, 0.717) is 17.2 Å². The van der Waals surface area contributed by atoms with E-state index in [2.05, 4.69) is 13.8 Å². The van der Waals surface area contributed by atoms with E-state index in [1.54, 1.807) is 12.1 Å². The maximum absolute atomic E-state index is 12.8. The van der Waals surface area contributed by atoms with Crippen LogP contribution in [0.4, 0.5) is 4.39 Å². The predicted octanol–water partition coefficient (Wildman–Crippen LogP) is 4.95. The standard InChI is InChI=1S/C18H19FO2/c1-3-13(4-2)14-5-7-15(8-6-14)18(20)21-17-11-9-16(19)10-12-17/h5-13H,3-4H2,1-2H3. The van der Waals surface area contributed by atoms with Crippen molar-refractivity contribution in [1.82, 2.24) is 0 Å². The Morgan fingerprint density at radius 3 is 2.10 bits per heavy atom. The summed E-state index contributed by atoms with van der Waals surface area (Å²) >= 11 is 0. The number of halogens is 1. The molecule has 21 heavy (non-hydrogen) atoms. The lowest BCUT2D eigenvalue weighted by Gasteiger charge is -2.13. The normalized spacial score (nSPS) is 10.7. The van der Waals surface area contributed by atoms with Gasteiger partial charge in [-0.05, 0) is 60.7 Å².